The van der Waals surface area contributed by atoms with Gasteiger partial charge in [-0.2, -0.15) is 4.39 Å². The number of rotatable bonds is 3. The maximum atomic E-state index is 13.4. The second kappa shape index (κ2) is 5.36. The molecule has 0 aromatic heterocycles. The quantitative estimate of drug-likeness (QED) is 0.848. The van der Waals surface area contributed by atoms with Gasteiger partial charge < -0.3 is 15.2 Å². The van der Waals surface area contributed by atoms with Gasteiger partial charge in [-0.3, -0.25) is 0 Å². The molecular weight excluding hydrogens is 221 g/mol. The van der Waals surface area contributed by atoms with E-state index in [9.17, 15) is 9.50 Å². The Kier molecular flexibility index (Phi) is 3.84. The number of nitrogens with one attached hydrogen (secondary N) is 1. The average molecular weight is 239 g/mol. The van der Waals surface area contributed by atoms with Crippen molar-refractivity contribution in [2.24, 2.45) is 5.92 Å². The summed E-state index contributed by atoms with van der Waals surface area (Å²) in [6.45, 7) is 2.07. The fraction of sp³-hybridized carbons (Fsp3) is 0.538. The van der Waals surface area contributed by atoms with E-state index < -0.39 is 5.82 Å². The first-order valence-corrected chi connectivity index (χ1v) is 5.97. The van der Waals surface area contributed by atoms with Crippen molar-refractivity contribution in [3.05, 3.63) is 23.5 Å². The minimum atomic E-state index is -0.679. The highest BCUT2D eigenvalue weighted by atomic mass is 19.1. The summed E-state index contributed by atoms with van der Waals surface area (Å²) in [6, 6.07) is 3.18. The van der Waals surface area contributed by atoms with E-state index >= 15 is 0 Å². The number of hydrogen-bond acceptors (Lipinski definition) is 3. The van der Waals surface area contributed by atoms with Crippen LogP contribution in [0.4, 0.5) is 4.39 Å². The number of aromatic hydroxyl groups is 1. The van der Waals surface area contributed by atoms with Gasteiger partial charge in [-0.05, 0) is 56.0 Å². The van der Waals surface area contributed by atoms with E-state index in [2.05, 4.69) is 5.32 Å². The van der Waals surface area contributed by atoms with Crippen LogP contribution in [-0.2, 0) is 6.42 Å². The zero-order valence-corrected chi connectivity index (χ0v) is 10.0. The number of hydrogen-bond donors (Lipinski definition) is 2. The standard InChI is InChI=1S/C13H18FNO2/c1-17-12-8-10(7-11(16)13(12)14)6-9-2-4-15-5-3-9/h7-9,15-16H,2-6H2,1H3. The fourth-order valence-corrected chi connectivity index (χ4v) is 2.32. The second-order valence-electron chi connectivity index (χ2n) is 4.53. The molecular formula is C13H18FNO2. The number of ether oxygens (including phenoxy) is 1. The van der Waals surface area contributed by atoms with Gasteiger partial charge in [-0.25, -0.2) is 0 Å². The molecule has 4 heteroatoms. The zero-order chi connectivity index (χ0) is 12.3. The largest absolute Gasteiger partial charge is 0.505 e. The van der Waals surface area contributed by atoms with Crippen LogP contribution in [0.5, 0.6) is 11.5 Å². The Hall–Kier alpha value is -1.29. The third-order valence-corrected chi connectivity index (χ3v) is 3.28. The van der Waals surface area contributed by atoms with Crippen molar-refractivity contribution in [3.63, 3.8) is 0 Å². The van der Waals surface area contributed by atoms with Gasteiger partial charge in [0.1, 0.15) is 0 Å². The Labute approximate surface area is 101 Å². The van der Waals surface area contributed by atoms with Crippen LogP contribution in [-0.4, -0.2) is 25.3 Å². The molecule has 1 aliphatic rings. The predicted molar refractivity (Wildman–Crippen MR) is 63.9 cm³/mol. The summed E-state index contributed by atoms with van der Waals surface area (Å²) in [6.07, 6.45) is 3.12. The lowest BCUT2D eigenvalue weighted by Crippen LogP contribution is -2.28. The molecule has 0 atom stereocenters. The molecule has 1 heterocycles. The van der Waals surface area contributed by atoms with Crippen LogP contribution in [0.1, 0.15) is 18.4 Å². The highest BCUT2D eigenvalue weighted by molar-refractivity contribution is 5.39. The van der Waals surface area contributed by atoms with E-state index in [4.69, 9.17) is 4.74 Å². The first-order valence-electron chi connectivity index (χ1n) is 5.97. The van der Waals surface area contributed by atoms with Gasteiger partial charge in [-0.15, -0.1) is 0 Å². The molecule has 2 rings (SSSR count). The summed E-state index contributed by atoms with van der Waals surface area (Å²) in [4.78, 5) is 0. The van der Waals surface area contributed by atoms with Gasteiger partial charge in [0.15, 0.2) is 11.5 Å². The third-order valence-electron chi connectivity index (χ3n) is 3.28. The van der Waals surface area contributed by atoms with Gasteiger partial charge >= 0.3 is 0 Å². The molecule has 0 saturated carbocycles. The van der Waals surface area contributed by atoms with Gasteiger partial charge in [-0.1, -0.05) is 0 Å². The molecule has 0 aliphatic carbocycles. The molecule has 0 spiro atoms. The molecule has 3 nitrogen and oxygen atoms in total. The number of halogens is 1. The lowest BCUT2D eigenvalue weighted by Gasteiger charge is -2.22. The Morgan fingerprint density at radius 3 is 2.76 bits per heavy atom. The van der Waals surface area contributed by atoms with Gasteiger partial charge in [0, 0.05) is 0 Å². The summed E-state index contributed by atoms with van der Waals surface area (Å²) < 4.78 is 18.3. The Morgan fingerprint density at radius 1 is 1.41 bits per heavy atom. The molecule has 1 fully saturated rings. The maximum Gasteiger partial charge on any atom is 0.206 e. The average Bonchev–Trinajstić information content (AvgIpc) is 2.35. The predicted octanol–water partition coefficient (Wildman–Crippen LogP) is 2.08. The lowest BCUT2D eigenvalue weighted by molar-refractivity contribution is 0.356. The van der Waals surface area contributed by atoms with Crippen LogP contribution in [0, 0.1) is 11.7 Å². The molecule has 0 radical (unpaired) electrons. The monoisotopic (exact) mass is 239 g/mol. The highest BCUT2D eigenvalue weighted by Crippen LogP contribution is 2.29. The molecule has 1 aliphatic heterocycles. The van der Waals surface area contributed by atoms with Crippen molar-refractivity contribution in [1.29, 1.82) is 0 Å². The molecule has 17 heavy (non-hydrogen) atoms. The minimum absolute atomic E-state index is 0.119. The summed E-state index contributed by atoms with van der Waals surface area (Å²) >= 11 is 0. The summed E-state index contributed by atoms with van der Waals surface area (Å²) in [5, 5.41) is 12.8. The molecule has 0 unspecified atom stereocenters. The number of phenolic OH excluding ortho intramolecular Hbond substituents is 1. The Bertz CT molecular complexity index is 389. The van der Waals surface area contributed by atoms with Crippen LogP contribution >= 0.6 is 0 Å². The van der Waals surface area contributed by atoms with E-state index in [0.717, 1.165) is 37.9 Å². The Morgan fingerprint density at radius 2 is 2.12 bits per heavy atom. The van der Waals surface area contributed by atoms with Crippen molar-refractivity contribution in [1.82, 2.24) is 5.32 Å². The molecule has 0 bridgehead atoms. The number of benzene rings is 1. The van der Waals surface area contributed by atoms with Crippen molar-refractivity contribution >= 4 is 0 Å². The number of piperidine rings is 1. The van der Waals surface area contributed by atoms with Gasteiger partial charge in [0.2, 0.25) is 5.82 Å². The first kappa shape index (κ1) is 12.2. The summed E-state index contributed by atoms with van der Waals surface area (Å²) in [5.74, 6) is -0.283. The van der Waals surface area contributed by atoms with E-state index in [-0.39, 0.29) is 11.5 Å². The second-order valence-corrected chi connectivity index (χ2v) is 4.53. The first-order chi connectivity index (χ1) is 8.20. The van der Waals surface area contributed by atoms with Crippen molar-refractivity contribution in [3.8, 4) is 11.5 Å². The van der Waals surface area contributed by atoms with Crippen LogP contribution in [0.15, 0.2) is 12.1 Å². The van der Waals surface area contributed by atoms with Crippen molar-refractivity contribution < 1.29 is 14.2 Å². The number of methoxy groups -OCH3 is 1. The topological polar surface area (TPSA) is 41.5 Å². The normalized spacial score (nSPS) is 17.1. The van der Waals surface area contributed by atoms with E-state index in [1.165, 1.54) is 13.2 Å². The minimum Gasteiger partial charge on any atom is -0.505 e. The highest BCUT2D eigenvalue weighted by Gasteiger charge is 2.16. The molecule has 2 N–H and O–H groups in total. The smallest absolute Gasteiger partial charge is 0.206 e. The molecule has 1 saturated heterocycles. The summed E-state index contributed by atoms with van der Waals surface area (Å²) in [7, 11) is 1.41. The lowest BCUT2D eigenvalue weighted by atomic mass is 9.91. The molecule has 94 valence electrons. The van der Waals surface area contributed by atoms with Crippen LogP contribution in [0.3, 0.4) is 0 Å². The molecule has 1 aromatic rings. The van der Waals surface area contributed by atoms with Gasteiger partial charge in [0.25, 0.3) is 0 Å². The van der Waals surface area contributed by atoms with Crippen LogP contribution < -0.4 is 10.1 Å². The Balaban J connectivity index is 2.12. The molecule has 0 amide bonds. The maximum absolute atomic E-state index is 13.4. The van der Waals surface area contributed by atoms with Crippen LogP contribution in [0.2, 0.25) is 0 Å². The van der Waals surface area contributed by atoms with Crippen molar-refractivity contribution in [2.45, 2.75) is 19.3 Å². The molecule has 1 aromatic carbocycles. The van der Waals surface area contributed by atoms with E-state index in [0.29, 0.717) is 5.92 Å². The summed E-state index contributed by atoms with van der Waals surface area (Å²) in [5.41, 5.74) is 0.938. The van der Waals surface area contributed by atoms with E-state index in [1.54, 1.807) is 6.07 Å². The van der Waals surface area contributed by atoms with Gasteiger partial charge in [0.05, 0.1) is 7.11 Å². The van der Waals surface area contributed by atoms with E-state index in [1.807, 2.05) is 0 Å². The van der Waals surface area contributed by atoms with Crippen LogP contribution in [0.25, 0.3) is 0 Å². The number of phenols is 1. The third kappa shape index (κ3) is 2.88. The zero-order valence-electron chi connectivity index (χ0n) is 10.0. The van der Waals surface area contributed by atoms with Crippen molar-refractivity contribution in [2.75, 3.05) is 20.2 Å². The SMILES string of the molecule is COc1cc(CC2CCNCC2)cc(O)c1F. The fourth-order valence-electron chi connectivity index (χ4n) is 2.32.